The van der Waals surface area contributed by atoms with Gasteiger partial charge in [-0.3, -0.25) is 9.69 Å². The van der Waals surface area contributed by atoms with Gasteiger partial charge in [-0.05, 0) is 57.0 Å². The fourth-order valence-corrected chi connectivity index (χ4v) is 3.89. The van der Waals surface area contributed by atoms with Crippen molar-refractivity contribution in [3.63, 3.8) is 0 Å². The fourth-order valence-electron chi connectivity index (χ4n) is 3.50. The predicted molar refractivity (Wildman–Crippen MR) is 88.4 cm³/mol. The molecule has 2 fully saturated rings. The first kappa shape index (κ1) is 15.0. The van der Waals surface area contributed by atoms with Crippen LogP contribution in [0, 0.1) is 0 Å². The number of benzene rings is 1. The summed E-state index contributed by atoms with van der Waals surface area (Å²) < 4.78 is 0.981. The van der Waals surface area contributed by atoms with Crippen LogP contribution in [0.25, 0.3) is 0 Å². The first-order valence-electron chi connectivity index (χ1n) is 7.75. The van der Waals surface area contributed by atoms with Crippen molar-refractivity contribution in [3.8, 4) is 0 Å². The molecule has 1 aromatic rings. The molecule has 2 heterocycles. The third kappa shape index (κ3) is 3.84. The zero-order valence-corrected chi connectivity index (χ0v) is 13.7. The quantitative estimate of drug-likeness (QED) is 0.876. The van der Waals surface area contributed by atoms with E-state index in [-0.39, 0.29) is 5.91 Å². The van der Waals surface area contributed by atoms with Crippen molar-refractivity contribution < 1.29 is 4.79 Å². The minimum Gasteiger partial charge on any atom is -0.325 e. The van der Waals surface area contributed by atoms with Crippen molar-refractivity contribution in [2.45, 2.75) is 37.8 Å². The van der Waals surface area contributed by atoms with Gasteiger partial charge in [-0.2, -0.15) is 0 Å². The van der Waals surface area contributed by atoms with Crippen LogP contribution >= 0.6 is 15.9 Å². The Morgan fingerprint density at radius 3 is 3.05 bits per heavy atom. The molecule has 0 aliphatic carbocycles. The SMILES string of the molecule is O=C(CN1CCCC1C1CCCN1)Nc1cccc(Br)c1. The molecule has 4 nitrogen and oxygen atoms in total. The summed E-state index contributed by atoms with van der Waals surface area (Å²) in [5.41, 5.74) is 0.851. The highest BCUT2D eigenvalue weighted by atomic mass is 79.9. The summed E-state index contributed by atoms with van der Waals surface area (Å²) >= 11 is 3.42. The number of amides is 1. The number of nitrogens with zero attached hydrogens (tertiary/aromatic N) is 1. The largest absolute Gasteiger partial charge is 0.325 e. The number of carbonyl (C=O) groups excluding carboxylic acids is 1. The van der Waals surface area contributed by atoms with Crippen LogP contribution in [0.1, 0.15) is 25.7 Å². The lowest BCUT2D eigenvalue weighted by molar-refractivity contribution is -0.117. The highest BCUT2D eigenvalue weighted by molar-refractivity contribution is 9.10. The highest BCUT2D eigenvalue weighted by Crippen LogP contribution is 2.24. The smallest absolute Gasteiger partial charge is 0.238 e. The summed E-state index contributed by atoms with van der Waals surface area (Å²) in [6.07, 6.45) is 4.92. The molecule has 0 aromatic heterocycles. The molecule has 114 valence electrons. The van der Waals surface area contributed by atoms with Gasteiger partial charge in [0.25, 0.3) is 0 Å². The second-order valence-electron chi connectivity index (χ2n) is 5.94. The number of likely N-dealkylation sites (tertiary alicyclic amines) is 1. The van der Waals surface area contributed by atoms with Gasteiger partial charge in [0, 0.05) is 22.2 Å². The zero-order chi connectivity index (χ0) is 14.7. The molecular formula is C16H22BrN3O. The van der Waals surface area contributed by atoms with Gasteiger partial charge in [0.2, 0.25) is 5.91 Å². The summed E-state index contributed by atoms with van der Waals surface area (Å²) in [4.78, 5) is 14.6. The van der Waals surface area contributed by atoms with E-state index >= 15 is 0 Å². The lowest BCUT2D eigenvalue weighted by Gasteiger charge is -2.28. The first-order valence-corrected chi connectivity index (χ1v) is 8.54. The molecule has 2 aliphatic heterocycles. The Hall–Kier alpha value is -0.910. The van der Waals surface area contributed by atoms with Gasteiger partial charge >= 0.3 is 0 Å². The monoisotopic (exact) mass is 351 g/mol. The first-order chi connectivity index (χ1) is 10.2. The maximum atomic E-state index is 12.3. The normalized spacial score (nSPS) is 26.1. The molecule has 0 bridgehead atoms. The van der Waals surface area contributed by atoms with Crippen LogP contribution in [0.5, 0.6) is 0 Å². The Kier molecular flexibility index (Phi) is 4.93. The molecule has 21 heavy (non-hydrogen) atoms. The third-order valence-corrected chi connectivity index (χ3v) is 4.93. The highest BCUT2D eigenvalue weighted by Gasteiger charge is 2.33. The number of halogens is 1. The number of nitrogens with one attached hydrogen (secondary N) is 2. The minimum absolute atomic E-state index is 0.0815. The Morgan fingerprint density at radius 2 is 2.29 bits per heavy atom. The average Bonchev–Trinajstić information content (AvgIpc) is 3.08. The van der Waals surface area contributed by atoms with E-state index in [9.17, 15) is 4.79 Å². The molecule has 2 saturated heterocycles. The van der Waals surface area contributed by atoms with E-state index in [1.54, 1.807) is 0 Å². The van der Waals surface area contributed by atoms with E-state index < -0.39 is 0 Å². The summed E-state index contributed by atoms with van der Waals surface area (Å²) in [7, 11) is 0. The Balaban J connectivity index is 1.56. The van der Waals surface area contributed by atoms with Gasteiger partial charge in [-0.1, -0.05) is 22.0 Å². The lowest BCUT2D eigenvalue weighted by atomic mass is 10.0. The zero-order valence-electron chi connectivity index (χ0n) is 12.1. The van der Waals surface area contributed by atoms with Crippen molar-refractivity contribution in [2.24, 2.45) is 0 Å². The van der Waals surface area contributed by atoms with Crippen molar-refractivity contribution >= 4 is 27.5 Å². The second kappa shape index (κ2) is 6.90. The van der Waals surface area contributed by atoms with E-state index in [4.69, 9.17) is 0 Å². The Bertz CT molecular complexity index is 502. The number of anilines is 1. The van der Waals surface area contributed by atoms with Crippen molar-refractivity contribution in [3.05, 3.63) is 28.7 Å². The average molecular weight is 352 g/mol. The summed E-state index contributed by atoms with van der Waals surface area (Å²) in [6.45, 7) is 2.66. The van der Waals surface area contributed by atoms with E-state index in [2.05, 4.69) is 31.5 Å². The molecule has 2 N–H and O–H groups in total. The van der Waals surface area contributed by atoms with Gasteiger partial charge < -0.3 is 10.6 Å². The Labute approximate surface area is 134 Å². The van der Waals surface area contributed by atoms with Gasteiger partial charge in [-0.15, -0.1) is 0 Å². The fraction of sp³-hybridized carbons (Fsp3) is 0.562. The van der Waals surface area contributed by atoms with Crippen molar-refractivity contribution in [1.29, 1.82) is 0 Å². The maximum Gasteiger partial charge on any atom is 0.238 e. The van der Waals surface area contributed by atoms with Crippen LogP contribution in [0.2, 0.25) is 0 Å². The molecule has 0 spiro atoms. The summed E-state index contributed by atoms with van der Waals surface area (Å²) in [5.74, 6) is 0.0815. The summed E-state index contributed by atoms with van der Waals surface area (Å²) in [6, 6.07) is 8.84. The van der Waals surface area contributed by atoms with Crippen LogP contribution in [-0.2, 0) is 4.79 Å². The molecule has 1 aromatic carbocycles. The van der Waals surface area contributed by atoms with Crippen LogP contribution in [-0.4, -0.2) is 42.5 Å². The van der Waals surface area contributed by atoms with Gasteiger partial charge in [-0.25, -0.2) is 0 Å². The molecule has 2 aliphatic rings. The second-order valence-corrected chi connectivity index (χ2v) is 6.86. The van der Waals surface area contributed by atoms with E-state index in [1.807, 2.05) is 24.3 Å². The minimum atomic E-state index is 0.0815. The maximum absolute atomic E-state index is 12.3. The third-order valence-electron chi connectivity index (χ3n) is 4.43. The van der Waals surface area contributed by atoms with E-state index in [0.717, 1.165) is 23.2 Å². The Morgan fingerprint density at radius 1 is 1.38 bits per heavy atom. The molecule has 1 amide bonds. The molecule has 2 unspecified atom stereocenters. The molecule has 2 atom stereocenters. The van der Waals surface area contributed by atoms with Crippen LogP contribution < -0.4 is 10.6 Å². The number of hydrogen-bond donors (Lipinski definition) is 2. The molecular weight excluding hydrogens is 330 g/mol. The standard InChI is InChI=1S/C16H22BrN3O/c17-12-4-1-5-13(10-12)19-16(21)11-20-9-3-7-15(20)14-6-2-8-18-14/h1,4-5,10,14-15,18H,2-3,6-9,11H2,(H,19,21). The van der Waals surface area contributed by atoms with E-state index in [1.165, 1.54) is 25.7 Å². The van der Waals surface area contributed by atoms with E-state index in [0.29, 0.717) is 18.6 Å². The van der Waals surface area contributed by atoms with Gasteiger partial charge in [0.15, 0.2) is 0 Å². The number of rotatable bonds is 4. The topological polar surface area (TPSA) is 44.4 Å². The van der Waals surface area contributed by atoms with Crippen LogP contribution in [0.3, 0.4) is 0 Å². The summed E-state index contributed by atoms with van der Waals surface area (Å²) in [5, 5.41) is 6.57. The van der Waals surface area contributed by atoms with Crippen LogP contribution in [0.4, 0.5) is 5.69 Å². The number of hydrogen-bond acceptors (Lipinski definition) is 3. The molecule has 0 radical (unpaired) electrons. The predicted octanol–water partition coefficient (Wildman–Crippen LogP) is 2.60. The van der Waals surface area contributed by atoms with Crippen molar-refractivity contribution in [1.82, 2.24) is 10.2 Å². The molecule has 3 rings (SSSR count). The van der Waals surface area contributed by atoms with Crippen molar-refractivity contribution in [2.75, 3.05) is 25.0 Å². The molecule has 5 heteroatoms. The van der Waals surface area contributed by atoms with Crippen LogP contribution in [0.15, 0.2) is 28.7 Å². The lowest BCUT2D eigenvalue weighted by Crippen LogP contribution is -2.46. The van der Waals surface area contributed by atoms with Gasteiger partial charge in [0.1, 0.15) is 0 Å². The molecule has 0 saturated carbocycles. The van der Waals surface area contributed by atoms with Gasteiger partial charge in [0.05, 0.1) is 6.54 Å². The number of carbonyl (C=O) groups is 1.